The van der Waals surface area contributed by atoms with E-state index in [9.17, 15) is 0 Å². The van der Waals surface area contributed by atoms with Gasteiger partial charge in [0.2, 0.25) is 0 Å². The van der Waals surface area contributed by atoms with Crippen molar-refractivity contribution >= 4 is 29.9 Å². The molecule has 0 amide bonds. The van der Waals surface area contributed by atoms with E-state index >= 15 is 0 Å². The van der Waals surface area contributed by atoms with Crippen LogP contribution in [0, 0.1) is 0 Å². The fourth-order valence-electron chi connectivity index (χ4n) is 2.03. The van der Waals surface area contributed by atoms with Gasteiger partial charge < -0.3 is 15.4 Å². The largest absolute Gasteiger partial charge is 0.496 e. The van der Waals surface area contributed by atoms with Gasteiger partial charge in [0.15, 0.2) is 5.96 Å². The maximum absolute atomic E-state index is 5.34. The highest BCUT2D eigenvalue weighted by Crippen LogP contribution is 2.16. The van der Waals surface area contributed by atoms with E-state index in [0.29, 0.717) is 6.54 Å². The first-order chi connectivity index (χ1) is 10.3. The predicted molar refractivity (Wildman–Crippen MR) is 102 cm³/mol. The van der Waals surface area contributed by atoms with Crippen molar-refractivity contribution in [3.05, 3.63) is 65.7 Å². The average Bonchev–Trinajstić information content (AvgIpc) is 2.56. The van der Waals surface area contributed by atoms with Crippen LogP contribution in [-0.2, 0) is 13.1 Å². The van der Waals surface area contributed by atoms with Crippen molar-refractivity contribution in [3.8, 4) is 5.75 Å². The normalized spacial score (nSPS) is 10.5. The summed E-state index contributed by atoms with van der Waals surface area (Å²) in [5, 5.41) is 6.58. The summed E-state index contributed by atoms with van der Waals surface area (Å²) in [6.07, 6.45) is 0. The van der Waals surface area contributed by atoms with Gasteiger partial charge >= 0.3 is 0 Å². The molecule has 5 heteroatoms. The molecule has 0 unspecified atom stereocenters. The summed E-state index contributed by atoms with van der Waals surface area (Å²) in [6.45, 7) is 1.41. The van der Waals surface area contributed by atoms with Crippen molar-refractivity contribution in [2.24, 2.45) is 4.99 Å². The Balaban J connectivity index is 0.00000242. The summed E-state index contributed by atoms with van der Waals surface area (Å²) < 4.78 is 5.34. The fourth-order valence-corrected chi connectivity index (χ4v) is 2.03. The zero-order valence-electron chi connectivity index (χ0n) is 12.9. The lowest BCUT2D eigenvalue weighted by molar-refractivity contribution is 0.409. The minimum atomic E-state index is 0. The summed E-state index contributed by atoms with van der Waals surface area (Å²) in [6, 6.07) is 18.2. The Bertz CT molecular complexity index is 587. The molecule has 118 valence electrons. The maximum atomic E-state index is 5.34. The molecule has 0 aromatic heterocycles. The van der Waals surface area contributed by atoms with Gasteiger partial charge in [0, 0.05) is 25.7 Å². The second kappa shape index (κ2) is 10.0. The van der Waals surface area contributed by atoms with Gasteiger partial charge in [0.05, 0.1) is 7.11 Å². The fraction of sp³-hybridized carbons (Fsp3) is 0.235. The van der Waals surface area contributed by atoms with Gasteiger partial charge in [-0.1, -0.05) is 48.5 Å². The lowest BCUT2D eigenvalue weighted by Gasteiger charge is -2.13. The van der Waals surface area contributed by atoms with Gasteiger partial charge in [-0.25, -0.2) is 0 Å². The Morgan fingerprint density at radius 3 is 2.27 bits per heavy atom. The molecule has 0 radical (unpaired) electrons. The third kappa shape index (κ3) is 5.55. The van der Waals surface area contributed by atoms with Crippen LogP contribution >= 0.6 is 24.0 Å². The molecule has 0 aliphatic rings. The van der Waals surface area contributed by atoms with E-state index in [-0.39, 0.29) is 24.0 Å². The monoisotopic (exact) mass is 411 g/mol. The lowest BCUT2D eigenvalue weighted by atomic mass is 10.2. The topological polar surface area (TPSA) is 45.7 Å². The molecule has 0 saturated heterocycles. The van der Waals surface area contributed by atoms with E-state index in [2.05, 4.69) is 27.8 Å². The molecular weight excluding hydrogens is 389 g/mol. The Morgan fingerprint density at radius 1 is 0.955 bits per heavy atom. The maximum Gasteiger partial charge on any atom is 0.191 e. The van der Waals surface area contributed by atoms with Crippen LogP contribution in [0.1, 0.15) is 11.1 Å². The van der Waals surface area contributed by atoms with Gasteiger partial charge in [-0.05, 0) is 11.6 Å². The van der Waals surface area contributed by atoms with E-state index in [1.807, 2.05) is 42.5 Å². The van der Waals surface area contributed by atoms with Gasteiger partial charge in [0.25, 0.3) is 0 Å². The Morgan fingerprint density at radius 2 is 1.59 bits per heavy atom. The molecule has 2 aromatic carbocycles. The summed E-state index contributed by atoms with van der Waals surface area (Å²) >= 11 is 0. The number of methoxy groups -OCH3 is 1. The van der Waals surface area contributed by atoms with Crippen LogP contribution in [0.5, 0.6) is 5.75 Å². The Hall–Kier alpha value is -1.76. The molecule has 22 heavy (non-hydrogen) atoms. The van der Waals surface area contributed by atoms with E-state index < -0.39 is 0 Å². The molecule has 0 spiro atoms. The van der Waals surface area contributed by atoms with Crippen LogP contribution in [0.15, 0.2) is 59.6 Å². The van der Waals surface area contributed by atoms with Crippen molar-refractivity contribution < 1.29 is 4.74 Å². The summed E-state index contributed by atoms with van der Waals surface area (Å²) in [7, 11) is 3.45. The molecule has 2 rings (SSSR count). The standard InChI is InChI=1S/C17H21N3O.HI/c1-18-17(19-12-14-8-4-3-5-9-14)20-13-15-10-6-7-11-16(15)21-2;/h3-11H,12-13H2,1-2H3,(H2,18,19,20);1H. The number of nitrogens with one attached hydrogen (secondary N) is 2. The molecular formula is C17H22IN3O. The van der Waals surface area contributed by atoms with Gasteiger partial charge in [-0.15, -0.1) is 24.0 Å². The van der Waals surface area contributed by atoms with E-state index in [1.165, 1.54) is 5.56 Å². The van der Waals surface area contributed by atoms with E-state index in [1.54, 1.807) is 14.2 Å². The molecule has 0 heterocycles. The number of hydrogen-bond acceptors (Lipinski definition) is 2. The first-order valence-corrected chi connectivity index (χ1v) is 6.94. The summed E-state index contributed by atoms with van der Waals surface area (Å²) in [5.41, 5.74) is 2.32. The summed E-state index contributed by atoms with van der Waals surface area (Å²) in [5.74, 6) is 1.65. The van der Waals surface area contributed by atoms with Crippen molar-refractivity contribution in [2.45, 2.75) is 13.1 Å². The number of guanidine groups is 1. The highest BCUT2D eigenvalue weighted by molar-refractivity contribution is 14.0. The lowest BCUT2D eigenvalue weighted by Crippen LogP contribution is -2.36. The van der Waals surface area contributed by atoms with Crippen molar-refractivity contribution in [3.63, 3.8) is 0 Å². The number of halogens is 1. The zero-order valence-corrected chi connectivity index (χ0v) is 15.2. The smallest absolute Gasteiger partial charge is 0.191 e. The van der Waals surface area contributed by atoms with Crippen LogP contribution in [0.25, 0.3) is 0 Å². The molecule has 0 atom stereocenters. The third-order valence-electron chi connectivity index (χ3n) is 3.17. The first-order valence-electron chi connectivity index (χ1n) is 6.94. The van der Waals surface area contributed by atoms with Crippen LogP contribution < -0.4 is 15.4 Å². The second-order valence-corrected chi connectivity index (χ2v) is 4.58. The molecule has 0 fully saturated rings. The van der Waals surface area contributed by atoms with Gasteiger partial charge in [-0.3, -0.25) is 4.99 Å². The third-order valence-corrected chi connectivity index (χ3v) is 3.17. The number of ether oxygens (including phenoxy) is 1. The Labute approximate surface area is 149 Å². The van der Waals surface area contributed by atoms with Gasteiger partial charge in [0.1, 0.15) is 5.75 Å². The number of para-hydroxylation sites is 1. The predicted octanol–water partition coefficient (Wildman–Crippen LogP) is 3.18. The minimum Gasteiger partial charge on any atom is -0.496 e. The van der Waals surface area contributed by atoms with Crippen LogP contribution in [-0.4, -0.2) is 20.1 Å². The van der Waals surface area contributed by atoms with Crippen LogP contribution in [0.4, 0.5) is 0 Å². The summed E-state index contributed by atoms with van der Waals surface area (Å²) in [4.78, 5) is 4.23. The molecule has 0 aliphatic heterocycles. The number of nitrogens with zero attached hydrogens (tertiary/aromatic N) is 1. The number of aliphatic imine (C=N–C) groups is 1. The quantitative estimate of drug-likeness (QED) is 0.452. The van der Waals surface area contributed by atoms with E-state index in [4.69, 9.17) is 4.74 Å². The second-order valence-electron chi connectivity index (χ2n) is 4.58. The first kappa shape index (κ1) is 18.3. The highest BCUT2D eigenvalue weighted by Gasteiger charge is 2.03. The van der Waals surface area contributed by atoms with Crippen molar-refractivity contribution in [1.82, 2.24) is 10.6 Å². The van der Waals surface area contributed by atoms with Crippen LogP contribution in [0.3, 0.4) is 0 Å². The van der Waals surface area contributed by atoms with Crippen molar-refractivity contribution in [2.75, 3.05) is 14.2 Å². The molecule has 0 saturated carbocycles. The Kier molecular flexibility index (Phi) is 8.35. The highest BCUT2D eigenvalue weighted by atomic mass is 127. The minimum absolute atomic E-state index is 0. The molecule has 2 N–H and O–H groups in total. The average molecular weight is 411 g/mol. The SMILES string of the molecule is CN=C(NCc1ccccc1)NCc1ccccc1OC.I. The number of hydrogen-bond donors (Lipinski definition) is 2. The van der Waals surface area contributed by atoms with Crippen molar-refractivity contribution in [1.29, 1.82) is 0 Å². The zero-order chi connectivity index (χ0) is 14.9. The molecule has 2 aromatic rings. The molecule has 4 nitrogen and oxygen atoms in total. The molecule has 0 aliphatic carbocycles. The van der Waals surface area contributed by atoms with E-state index in [0.717, 1.165) is 23.8 Å². The molecule has 0 bridgehead atoms. The van der Waals surface area contributed by atoms with Crippen LogP contribution in [0.2, 0.25) is 0 Å². The number of rotatable bonds is 5. The number of benzene rings is 2. The van der Waals surface area contributed by atoms with Gasteiger partial charge in [-0.2, -0.15) is 0 Å².